The number of nitrogens with one attached hydrogen (secondary N) is 3. The third-order valence-electron chi connectivity index (χ3n) is 7.73. The summed E-state index contributed by atoms with van der Waals surface area (Å²) in [6, 6.07) is 9.94. The molecule has 5 rings (SSSR count). The Morgan fingerprint density at radius 1 is 0.865 bits per heavy atom. The number of aromatic nitrogens is 2. The van der Waals surface area contributed by atoms with Crippen molar-refractivity contribution in [2.45, 2.75) is 62.7 Å². The Kier molecular flexibility index (Phi) is 9.58. The van der Waals surface area contributed by atoms with Gasteiger partial charge >= 0.3 is 0 Å². The number of benzene rings is 1. The molecule has 2 aromatic heterocycles. The van der Waals surface area contributed by atoms with Crippen LogP contribution in [0.3, 0.4) is 0 Å². The molecule has 37 heavy (non-hydrogen) atoms. The van der Waals surface area contributed by atoms with E-state index in [0.717, 1.165) is 68.0 Å². The van der Waals surface area contributed by atoms with Crippen molar-refractivity contribution in [2.75, 3.05) is 30.3 Å². The highest BCUT2D eigenvalue weighted by atomic mass is 35.5. The molecule has 1 unspecified atom stereocenters. The van der Waals surface area contributed by atoms with Gasteiger partial charge in [0.05, 0.1) is 14.7 Å². The zero-order valence-electron chi connectivity index (χ0n) is 21.0. The fraction of sp³-hybridized carbons (Fsp3) is 0.556. The third kappa shape index (κ3) is 7.35. The Bertz CT molecular complexity index is 1210. The molecule has 2 fully saturated rings. The summed E-state index contributed by atoms with van der Waals surface area (Å²) in [6.45, 7) is 2.57. The van der Waals surface area contributed by atoms with Crippen LogP contribution >= 0.6 is 34.5 Å². The molecule has 3 N–H and O–H groups in total. The topological polar surface area (TPSA) is 78.9 Å². The van der Waals surface area contributed by atoms with Gasteiger partial charge in [-0.1, -0.05) is 54.6 Å². The van der Waals surface area contributed by atoms with E-state index in [1.807, 2.05) is 6.07 Å². The van der Waals surface area contributed by atoms with E-state index in [9.17, 15) is 4.21 Å². The smallest absolute Gasteiger partial charge is 0.225 e. The van der Waals surface area contributed by atoms with E-state index >= 15 is 0 Å². The van der Waals surface area contributed by atoms with Gasteiger partial charge in [-0.2, -0.15) is 4.98 Å². The minimum Gasteiger partial charge on any atom is -0.369 e. The average molecular weight is 581 g/mol. The number of anilines is 2. The van der Waals surface area contributed by atoms with E-state index in [4.69, 9.17) is 33.2 Å². The highest BCUT2D eigenvalue weighted by molar-refractivity contribution is 7.83. The van der Waals surface area contributed by atoms with Crippen molar-refractivity contribution in [2.24, 2.45) is 17.8 Å². The highest BCUT2D eigenvalue weighted by Crippen LogP contribution is 2.34. The molecular formula is C27H35Cl2N5OS2. The maximum absolute atomic E-state index is 12.5. The van der Waals surface area contributed by atoms with Crippen molar-refractivity contribution in [3.63, 3.8) is 0 Å². The van der Waals surface area contributed by atoms with Crippen molar-refractivity contribution in [1.82, 2.24) is 14.7 Å². The van der Waals surface area contributed by atoms with Crippen LogP contribution in [0.25, 0.3) is 10.9 Å². The van der Waals surface area contributed by atoms with Crippen LogP contribution in [0.1, 0.15) is 57.8 Å². The second kappa shape index (κ2) is 13.1. The van der Waals surface area contributed by atoms with Crippen molar-refractivity contribution >= 4 is 68.2 Å². The van der Waals surface area contributed by atoms with Gasteiger partial charge < -0.3 is 10.6 Å². The van der Waals surface area contributed by atoms with Crippen molar-refractivity contribution in [3.05, 3.63) is 39.0 Å². The predicted molar refractivity (Wildman–Crippen MR) is 157 cm³/mol. The van der Waals surface area contributed by atoms with Gasteiger partial charge in [0.25, 0.3) is 0 Å². The lowest BCUT2D eigenvalue weighted by atomic mass is 9.82. The molecule has 2 aliphatic carbocycles. The number of hydrogen-bond acceptors (Lipinski definition) is 6. The van der Waals surface area contributed by atoms with Gasteiger partial charge in [0.15, 0.2) is 0 Å². The van der Waals surface area contributed by atoms with Crippen LogP contribution in [0.15, 0.2) is 35.2 Å². The Balaban J connectivity index is 1.11. The Morgan fingerprint density at radius 3 is 2.27 bits per heavy atom. The zero-order valence-corrected chi connectivity index (χ0v) is 24.1. The first-order chi connectivity index (χ1) is 18.0. The van der Waals surface area contributed by atoms with Crippen LogP contribution in [0.4, 0.5) is 11.8 Å². The molecule has 0 bridgehead atoms. The largest absolute Gasteiger partial charge is 0.369 e. The minimum atomic E-state index is -1.32. The van der Waals surface area contributed by atoms with Gasteiger partial charge in [0.2, 0.25) is 5.95 Å². The number of para-hydroxylation sites is 1. The molecule has 2 saturated carbocycles. The third-order valence-corrected chi connectivity index (χ3v) is 10.6. The van der Waals surface area contributed by atoms with Crippen LogP contribution in [-0.4, -0.2) is 33.8 Å². The van der Waals surface area contributed by atoms with E-state index in [-0.39, 0.29) is 0 Å². The Labute approximate surface area is 235 Å². The lowest BCUT2D eigenvalue weighted by molar-refractivity contribution is 0.285. The quantitative estimate of drug-likeness (QED) is 0.231. The van der Waals surface area contributed by atoms with Crippen LogP contribution in [0, 0.1) is 17.8 Å². The molecule has 1 atom stereocenters. The summed E-state index contributed by atoms with van der Waals surface area (Å²) in [5, 5.41) is 8.25. The maximum Gasteiger partial charge on any atom is 0.225 e. The molecule has 0 radical (unpaired) electrons. The molecule has 2 heterocycles. The van der Waals surface area contributed by atoms with Gasteiger partial charge in [-0.15, -0.1) is 11.3 Å². The van der Waals surface area contributed by atoms with Gasteiger partial charge in [0.1, 0.15) is 21.1 Å². The summed E-state index contributed by atoms with van der Waals surface area (Å²) in [4.78, 5) is 10.2. The fourth-order valence-corrected chi connectivity index (χ4v) is 8.41. The Hall–Kier alpha value is -1.45. The van der Waals surface area contributed by atoms with Gasteiger partial charge in [0, 0.05) is 25.0 Å². The average Bonchev–Trinajstić information content (AvgIpc) is 3.28. The summed E-state index contributed by atoms with van der Waals surface area (Å²) in [7, 11) is -1.32. The molecule has 6 nitrogen and oxygen atoms in total. The second-order valence-corrected chi connectivity index (χ2v) is 13.9. The molecule has 2 aliphatic rings. The summed E-state index contributed by atoms with van der Waals surface area (Å²) < 4.78 is 16.7. The molecule has 0 saturated heterocycles. The molecule has 0 amide bonds. The first-order valence-corrected chi connectivity index (χ1v) is 16.1. The number of thiophene rings is 1. The second-order valence-electron chi connectivity index (χ2n) is 10.4. The molecule has 3 aromatic rings. The Morgan fingerprint density at radius 2 is 1.54 bits per heavy atom. The number of rotatable bonds is 10. The highest BCUT2D eigenvalue weighted by Gasteiger charge is 2.23. The van der Waals surface area contributed by atoms with E-state index in [2.05, 4.69) is 33.6 Å². The van der Waals surface area contributed by atoms with E-state index in [1.54, 1.807) is 6.07 Å². The molecular weight excluding hydrogens is 545 g/mol. The lowest BCUT2D eigenvalue weighted by Gasteiger charge is -2.28. The summed E-state index contributed by atoms with van der Waals surface area (Å²) in [5.41, 5.74) is 0.973. The molecule has 200 valence electrons. The SMILES string of the molecule is O=S(NCC1CCC(CNc2nc(NCC3CCCCC3)c3ccccc3n2)CC1)c1cc(Cl)sc1Cl. The molecule has 0 aliphatic heterocycles. The predicted octanol–water partition coefficient (Wildman–Crippen LogP) is 7.52. The van der Waals surface area contributed by atoms with Gasteiger partial charge in [-0.05, 0) is 74.5 Å². The monoisotopic (exact) mass is 579 g/mol. The van der Waals surface area contributed by atoms with E-state index in [0.29, 0.717) is 31.4 Å². The first-order valence-electron chi connectivity index (χ1n) is 13.4. The van der Waals surface area contributed by atoms with Crippen LogP contribution < -0.4 is 15.4 Å². The van der Waals surface area contributed by atoms with Crippen LogP contribution in [0.5, 0.6) is 0 Å². The van der Waals surface area contributed by atoms with Gasteiger partial charge in [-0.3, -0.25) is 0 Å². The van der Waals surface area contributed by atoms with Gasteiger partial charge in [-0.25, -0.2) is 13.9 Å². The first kappa shape index (κ1) is 27.1. The zero-order chi connectivity index (χ0) is 25.6. The maximum atomic E-state index is 12.5. The van der Waals surface area contributed by atoms with Crippen molar-refractivity contribution < 1.29 is 4.21 Å². The minimum absolute atomic E-state index is 0.494. The molecule has 1 aromatic carbocycles. The number of nitrogens with zero attached hydrogens (tertiary/aromatic N) is 2. The van der Waals surface area contributed by atoms with E-state index < -0.39 is 11.0 Å². The summed E-state index contributed by atoms with van der Waals surface area (Å²) >= 11 is 13.4. The summed E-state index contributed by atoms with van der Waals surface area (Å²) in [5.74, 6) is 3.48. The lowest BCUT2D eigenvalue weighted by Crippen LogP contribution is -2.29. The summed E-state index contributed by atoms with van der Waals surface area (Å²) in [6.07, 6.45) is 11.2. The van der Waals surface area contributed by atoms with Crippen LogP contribution in [0.2, 0.25) is 8.67 Å². The standard InChI is InChI=1S/C27H35Cl2N5OS2/c28-24-14-23(25(29)36-24)37(35)32-17-20-12-10-19(11-13-20)16-31-27-33-22-9-5-4-8-21(22)26(34-27)30-15-18-6-2-1-3-7-18/h4-5,8-9,14,18-20,32H,1-3,6-7,10-13,15-17H2,(H2,30,31,33,34). The number of halogens is 2. The molecule has 10 heteroatoms. The fourth-order valence-electron chi connectivity index (χ4n) is 5.52. The van der Waals surface area contributed by atoms with E-state index in [1.165, 1.54) is 43.4 Å². The normalized spacial score (nSPS) is 21.7. The number of hydrogen-bond donors (Lipinski definition) is 3. The number of fused-ring (bicyclic) bond motifs is 1. The van der Waals surface area contributed by atoms with Crippen LogP contribution in [-0.2, 0) is 11.0 Å². The van der Waals surface area contributed by atoms with Crippen molar-refractivity contribution in [3.8, 4) is 0 Å². The van der Waals surface area contributed by atoms with Crippen molar-refractivity contribution in [1.29, 1.82) is 0 Å². The molecule has 0 spiro atoms.